The highest BCUT2D eigenvalue weighted by molar-refractivity contribution is 5.98. The van der Waals surface area contributed by atoms with Gasteiger partial charge in [-0.05, 0) is 43.5 Å². The van der Waals surface area contributed by atoms with Gasteiger partial charge in [0.05, 0.1) is 25.0 Å². The lowest BCUT2D eigenvalue weighted by Crippen LogP contribution is -2.31. The SMILES string of the molecule is Cc1cccc(COCC[C@H]2CO[C@H]3CN(C(=O)c4cc5ccccc5[nH]4)C[C@@H]23)n1.O=C(O)C(F)(F)F. The summed E-state index contributed by atoms with van der Waals surface area (Å²) in [5.41, 5.74) is 3.62. The minimum atomic E-state index is -5.08. The summed E-state index contributed by atoms with van der Waals surface area (Å²) < 4.78 is 43.6. The third kappa shape index (κ3) is 6.66. The first-order chi connectivity index (χ1) is 17.6. The number of aromatic nitrogens is 2. The lowest BCUT2D eigenvalue weighted by molar-refractivity contribution is -0.192. The summed E-state index contributed by atoms with van der Waals surface area (Å²) in [6.07, 6.45) is -4.00. The normalized spacial score (nSPS) is 21.0. The Hall–Kier alpha value is -3.44. The van der Waals surface area contributed by atoms with Crippen LogP contribution < -0.4 is 0 Å². The second-order valence-electron chi connectivity index (χ2n) is 9.19. The molecule has 1 amide bonds. The van der Waals surface area contributed by atoms with Crippen molar-refractivity contribution in [2.24, 2.45) is 11.8 Å². The molecule has 3 atom stereocenters. The average molecular weight is 520 g/mol. The van der Waals surface area contributed by atoms with Crippen LogP contribution in [0.3, 0.4) is 0 Å². The van der Waals surface area contributed by atoms with Gasteiger partial charge in [-0.2, -0.15) is 13.2 Å². The molecule has 3 aromatic rings. The highest BCUT2D eigenvalue weighted by Crippen LogP contribution is 2.36. The summed E-state index contributed by atoms with van der Waals surface area (Å²) in [4.78, 5) is 31.6. The second kappa shape index (κ2) is 11.3. The predicted molar refractivity (Wildman–Crippen MR) is 128 cm³/mol. The summed E-state index contributed by atoms with van der Waals surface area (Å²) in [5, 5.41) is 8.19. The molecule has 0 aliphatic carbocycles. The van der Waals surface area contributed by atoms with Crippen molar-refractivity contribution in [2.75, 3.05) is 26.3 Å². The minimum Gasteiger partial charge on any atom is -0.475 e. The molecule has 2 fully saturated rings. The van der Waals surface area contributed by atoms with Crippen LogP contribution in [0.5, 0.6) is 0 Å². The Labute approximate surface area is 211 Å². The fourth-order valence-electron chi connectivity index (χ4n) is 4.71. The molecule has 0 radical (unpaired) electrons. The number of hydrogen-bond donors (Lipinski definition) is 2. The van der Waals surface area contributed by atoms with Crippen molar-refractivity contribution in [3.05, 3.63) is 65.6 Å². The van der Waals surface area contributed by atoms with E-state index in [0.717, 1.165) is 41.9 Å². The van der Waals surface area contributed by atoms with Crippen molar-refractivity contribution in [3.63, 3.8) is 0 Å². The number of carboxylic acids is 1. The molecule has 5 rings (SSSR count). The van der Waals surface area contributed by atoms with Gasteiger partial charge in [0.1, 0.15) is 5.69 Å². The predicted octanol–water partition coefficient (Wildman–Crippen LogP) is 4.20. The van der Waals surface area contributed by atoms with Gasteiger partial charge in [-0.15, -0.1) is 0 Å². The number of aliphatic carboxylic acids is 1. The number of carbonyl (C=O) groups is 2. The smallest absolute Gasteiger partial charge is 0.475 e. The second-order valence-corrected chi connectivity index (χ2v) is 9.19. The van der Waals surface area contributed by atoms with Crippen molar-refractivity contribution in [1.82, 2.24) is 14.9 Å². The van der Waals surface area contributed by atoms with E-state index in [4.69, 9.17) is 19.4 Å². The van der Waals surface area contributed by atoms with Crippen LogP contribution in [0.1, 0.15) is 28.3 Å². The highest BCUT2D eigenvalue weighted by atomic mass is 19.4. The van der Waals surface area contributed by atoms with Crippen LogP contribution in [-0.4, -0.2) is 70.4 Å². The Kier molecular flexibility index (Phi) is 8.13. The topological polar surface area (TPSA) is 105 Å². The molecule has 0 bridgehead atoms. The molecule has 11 heteroatoms. The quantitative estimate of drug-likeness (QED) is 0.473. The summed E-state index contributed by atoms with van der Waals surface area (Å²) in [6, 6.07) is 15.9. The Balaban J connectivity index is 0.000000405. The van der Waals surface area contributed by atoms with Crippen LogP contribution in [-0.2, 0) is 20.9 Å². The van der Waals surface area contributed by atoms with Crippen molar-refractivity contribution >= 4 is 22.8 Å². The van der Waals surface area contributed by atoms with Crippen LogP contribution in [0.15, 0.2) is 48.5 Å². The monoisotopic (exact) mass is 519 g/mol. The van der Waals surface area contributed by atoms with Crippen molar-refractivity contribution in [1.29, 1.82) is 0 Å². The molecule has 37 heavy (non-hydrogen) atoms. The number of amides is 1. The van der Waals surface area contributed by atoms with E-state index in [1.165, 1.54) is 0 Å². The third-order valence-electron chi connectivity index (χ3n) is 6.56. The Morgan fingerprint density at radius 1 is 1.19 bits per heavy atom. The number of ether oxygens (including phenoxy) is 2. The molecule has 4 heterocycles. The summed E-state index contributed by atoms with van der Waals surface area (Å²) >= 11 is 0. The number of hydrogen-bond acceptors (Lipinski definition) is 5. The lowest BCUT2D eigenvalue weighted by atomic mass is 9.91. The molecule has 0 unspecified atom stereocenters. The molecule has 8 nitrogen and oxygen atoms in total. The molecule has 1 aromatic carbocycles. The third-order valence-corrected chi connectivity index (χ3v) is 6.56. The molecule has 198 valence electrons. The number of aryl methyl sites for hydroxylation is 1. The van der Waals surface area contributed by atoms with E-state index in [9.17, 15) is 18.0 Å². The average Bonchev–Trinajstić information content (AvgIpc) is 3.56. The van der Waals surface area contributed by atoms with E-state index in [2.05, 4.69) is 9.97 Å². The molecule has 2 aliphatic heterocycles. The maximum atomic E-state index is 13.0. The molecule has 2 aromatic heterocycles. The number of rotatable bonds is 6. The summed E-state index contributed by atoms with van der Waals surface area (Å²) in [7, 11) is 0. The van der Waals surface area contributed by atoms with Gasteiger partial charge in [0, 0.05) is 42.2 Å². The van der Waals surface area contributed by atoms with E-state index in [1.54, 1.807) is 0 Å². The maximum Gasteiger partial charge on any atom is 0.490 e. The number of fused-ring (bicyclic) bond motifs is 2. The van der Waals surface area contributed by atoms with E-state index in [-0.39, 0.29) is 12.0 Å². The van der Waals surface area contributed by atoms with Gasteiger partial charge in [-0.1, -0.05) is 24.3 Å². The molecular weight excluding hydrogens is 491 g/mol. The Morgan fingerprint density at radius 2 is 1.95 bits per heavy atom. The number of nitrogens with one attached hydrogen (secondary N) is 1. The number of likely N-dealkylation sites (tertiary alicyclic amines) is 1. The van der Waals surface area contributed by atoms with Crippen molar-refractivity contribution in [3.8, 4) is 0 Å². The maximum absolute atomic E-state index is 13.0. The molecular formula is C26H28F3N3O5. The largest absolute Gasteiger partial charge is 0.490 e. The van der Waals surface area contributed by atoms with E-state index < -0.39 is 12.1 Å². The molecule has 0 saturated carbocycles. The van der Waals surface area contributed by atoms with Crippen LogP contribution in [0.4, 0.5) is 13.2 Å². The number of nitrogens with zero attached hydrogens (tertiary/aromatic N) is 2. The molecule has 2 N–H and O–H groups in total. The van der Waals surface area contributed by atoms with Gasteiger partial charge in [0.15, 0.2) is 0 Å². The van der Waals surface area contributed by atoms with Crippen LogP contribution >= 0.6 is 0 Å². The number of pyridine rings is 1. The molecule has 2 aliphatic rings. The van der Waals surface area contributed by atoms with Crippen molar-refractivity contribution < 1.29 is 37.3 Å². The fourth-order valence-corrected chi connectivity index (χ4v) is 4.71. The Morgan fingerprint density at radius 3 is 2.65 bits per heavy atom. The summed E-state index contributed by atoms with van der Waals surface area (Å²) in [5.74, 6) is -1.88. The standard InChI is InChI=1S/C24H27N3O3.C2HF3O2/c1-16-5-4-7-19(25-16)15-29-10-9-18-14-30-23-13-27(12-20(18)23)24(28)22-11-17-6-2-3-8-21(17)26-22;3-2(4,5)1(6)7/h2-8,11,18,20,23,26H,9-10,12-15H2,1H3;(H,6,7)/t18-,20-,23-;/m0./s1. The van der Waals surface area contributed by atoms with Gasteiger partial charge in [-0.3, -0.25) is 9.78 Å². The number of carbonyl (C=O) groups excluding carboxylic acids is 1. The van der Waals surface area contributed by atoms with Crippen LogP contribution in [0, 0.1) is 18.8 Å². The minimum absolute atomic E-state index is 0.0599. The number of halogens is 3. The number of carboxylic acid groups (broad SMARTS) is 1. The fraction of sp³-hybridized carbons (Fsp3) is 0.423. The number of aromatic amines is 1. The molecule has 0 spiro atoms. The van der Waals surface area contributed by atoms with Gasteiger partial charge in [0.2, 0.25) is 0 Å². The number of H-pyrrole nitrogens is 1. The highest BCUT2D eigenvalue weighted by Gasteiger charge is 2.45. The zero-order valence-corrected chi connectivity index (χ0v) is 20.2. The van der Waals surface area contributed by atoms with Crippen LogP contribution in [0.25, 0.3) is 10.9 Å². The van der Waals surface area contributed by atoms with Gasteiger partial charge < -0.3 is 24.5 Å². The first-order valence-electron chi connectivity index (χ1n) is 11.9. The zero-order valence-electron chi connectivity index (χ0n) is 20.2. The molecule has 2 saturated heterocycles. The van der Waals surface area contributed by atoms with Crippen molar-refractivity contribution in [2.45, 2.75) is 32.2 Å². The zero-order chi connectivity index (χ0) is 26.6. The van der Waals surface area contributed by atoms with E-state index in [0.29, 0.717) is 37.3 Å². The van der Waals surface area contributed by atoms with E-state index >= 15 is 0 Å². The number of alkyl halides is 3. The van der Waals surface area contributed by atoms with Gasteiger partial charge in [0.25, 0.3) is 5.91 Å². The number of para-hydroxylation sites is 1. The Bertz CT molecular complexity index is 1210. The first kappa shape index (κ1) is 26.6. The van der Waals surface area contributed by atoms with Crippen LogP contribution in [0.2, 0.25) is 0 Å². The van der Waals surface area contributed by atoms with Gasteiger partial charge in [-0.25, -0.2) is 4.79 Å². The summed E-state index contributed by atoms with van der Waals surface area (Å²) in [6.45, 7) is 5.39. The lowest BCUT2D eigenvalue weighted by Gasteiger charge is -2.19. The number of benzene rings is 1. The first-order valence-corrected chi connectivity index (χ1v) is 11.9. The van der Waals surface area contributed by atoms with E-state index in [1.807, 2.05) is 60.4 Å². The van der Waals surface area contributed by atoms with Gasteiger partial charge >= 0.3 is 12.1 Å².